The van der Waals surface area contributed by atoms with Gasteiger partial charge < -0.3 is 5.32 Å². The molecular formula is C12H16N4. The largest absolute Gasteiger partial charge is 0.305 e. The number of aromatic nitrogens is 3. The number of aromatic amines is 1. The molecule has 2 heterocycles. The van der Waals surface area contributed by atoms with Crippen LogP contribution in [0.4, 0.5) is 0 Å². The number of nitrogens with one attached hydrogen (secondary N) is 2. The Labute approximate surface area is 95.1 Å². The van der Waals surface area contributed by atoms with Gasteiger partial charge in [0, 0.05) is 31.2 Å². The van der Waals surface area contributed by atoms with Crippen LogP contribution in [-0.2, 0) is 6.54 Å². The molecule has 84 valence electrons. The third kappa shape index (κ3) is 2.46. The summed E-state index contributed by atoms with van der Waals surface area (Å²) in [6, 6.07) is 4.27. The molecule has 0 radical (unpaired) electrons. The molecule has 2 N–H and O–H groups in total. The Kier molecular flexibility index (Phi) is 3.31. The van der Waals surface area contributed by atoms with E-state index >= 15 is 0 Å². The van der Waals surface area contributed by atoms with E-state index in [0.29, 0.717) is 0 Å². The average Bonchev–Trinajstić information content (AvgIpc) is 2.81. The summed E-state index contributed by atoms with van der Waals surface area (Å²) in [6.07, 6.45) is 5.49. The molecule has 0 aliphatic heterocycles. The Morgan fingerprint density at radius 1 is 1.38 bits per heavy atom. The molecule has 4 heteroatoms. The summed E-state index contributed by atoms with van der Waals surface area (Å²) in [6.45, 7) is 5.03. The van der Waals surface area contributed by atoms with Gasteiger partial charge in [0.05, 0.1) is 5.69 Å². The Bertz CT molecular complexity index is 436. The first-order chi connectivity index (χ1) is 7.77. The lowest BCUT2D eigenvalue weighted by Gasteiger charge is -2.12. The maximum Gasteiger partial charge on any atom is 0.0518 e. The number of nitrogens with zero attached hydrogens (tertiary/aromatic N) is 2. The van der Waals surface area contributed by atoms with Crippen LogP contribution < -0.4 is 5.32 Å². The summed E-state index contributed by atoms with van der Waals surface area (Å²) in [5, 5.41) is 10.3. The number of rotatable bonds is 4. The number of aryl methyl sites for hydroxylation is 1. The Balaban J connectivity index is 1.95. The number of hydrogen-bond donors (Lipinski definition) is 2. The Hall–Kier alpha value is -1.68. The van der Waals surface area contributed by atoms with Crippen LogP contribution >= 0.6 is 0 Å². The highest BCUT2D eigenvalue weighted by Gasteiger charge is 2.06. The maximum absolute atomic E-state index is 4.13. The van der Waals surface area contributed by atoms with Gasteiger partial charge in [-0.3, -0.25) is 10.1 Å². The number of pyridine rings is 1. The second-order valence-electron chi connectivity index (χ2n) is 3.92. The highest BCUT2D eigenvalue weighted by molar-refractivity contribution is 5.21. The van der Waals surface area contributed by atoms with E-state index in [1.54, 1.807) is 6.20 Å². The summed E-state index contributed by atoms with van der Waals surface area (Å²) in [5.41, 5.74) is 3.59. The quantitative estimate of drug-likeness (QED) is 0.821. The van der Waals surface area contributed by atoms with Crippen LogP contribution in [0.3, 0.4) is 0 Å². The van der Waals surface area contributed by atoms with Crippen molar-refractivity contribution in [3.05, 3.63) is 47.5 Å². The standard InChI is InChI=1S/C12H16N4/c1-9-3-5-13-7-11(9)8-14-10(2)12-4-6-15-16-12/h3-7,10,14H,8H2,1-2H3,(H,15,16). The summed E-state index contributed by atoms with van der Waals surface area (Å²) in [5.74, 6) is 0. The van der Waals surface area contributed by atoms with Crippen LogP contribution in [0, 0.1) is 6.92 Å². The maximum atomic E-state index is 4.13. The van der Waals surface area contributed by atoms with Crippen molar-refractivity contribution in [1.29, 1.82) is 0 Å². The van der Waals surface area contributed by atoms with Crippen molar-refractivity contribution in [1.82, 2.24) is 20.5 Å². The molecule has 2 aromatic heterocycles. The van der Waals surface area contributed by atoms with Gasteiger partial charge in [-0.15, -0.1) is 0 Å². The van der Waals surface area contributed by atoms with Crippen molar-refractivity contribution in [2.24, 2.45) is 0 Å². The van der Waals surface area contributed by atoms with E-state index in [-0.39, 0.29) is 6.04 Å². The summed E-state index contributed by atoms with van der Waals surface area (Å²) >= 11 is 0. The van der Waals surface area contributed by atoms with Gasteiger partial charge in [0.2, 0.25) is 0 Å². The van der Waals surface area contributed by atoms with Gasteiger partial charge >= 0.3 is 0 Å². The molecule has 1 unspecified atom stereocenters. The van der Waals surface area contributed by atoms with Crippen LogP contribution in [0.1, 0.15) is 29.8 Å². The molecular weight excluding hydrogens is 200 g/mol. The zero-order valence-corrected chi connectivity index (χ0v) is 9.57. The van der Waals surface area contributed by atoms with Gasteiger partial charge in [-0.1, -0.05) is 0 Å². The van der Waals surface area contributed by atoms with Crippen molar-refractivity contribution in [3.8, 4) is 0 Å². The first-order valence-corrected chi connectivity index (χ1v) is 5.39. The van der Waals surface area contributed by atoms with Crippen LogP contribution in [0.15, 0.2) is 30.7 Å². The second kappa shape index (κ2) is 4.90. The molecule has 0 bridgehead atoms. The molecule has 2 rings (SSSR count). The number of H-pyrrole nitrogens is 1. The fourth-order valence-corrected chi connectivity index (χ4v) is 1.56. The monoisotopic (exact) mass is 216 g/mol. The fourth-order valence-electron chi connectivity index (χ4n) is 1.56. The van der Waals surface area contributed by atoms with Gasteiger partial charge in [-0.05, 0) is 37.1 Å². The Morgan fingerprint density at radius 3 is 2.94 bits per heavy atom. The summed E-state index contributed by atoms with van der Waals surface area (Å²) in [7, 11) is 0. The van der Waals surface area contributed by atoms with E-state index in [4.69, 9.17) is 0 Å². The first-order valence-electron chi connectivity index (χ1n) is 5.39. The van der Waals surface area contributed by atoms with E-state index in [2.05, 4.69) is 34.3 Å². The lowest BCUT2D eigenvalue weighted by atomic mass is 10.1. The second-order valence-corrected chi connectivity index (χ2v) is 3.92. The summed E-state index contributed by atoms with van der Waals surface area (Å²) in [4.78, 5) is 4.13. The molecule has 16 heavy (non-hydrogen) atoms. The molecule has 0 spiro atoms. The van der Waals surface area contributed by atoms with Crippen LogP contribution in [-0.4, -0.2) is 15.2 Å². The third-order valence-corrected chi connectivity index (χ3v) is 2.73. The topological polar surface area (TPSA) is 53.6 Å². The molecule has 0 aromatic carbocycles. The molecule has 0 saturated heterocycles. The average molecular weight is 216 g/mol. The third-order valence-electron chi connectivity index (χ3n) is 2.73. The molecule has 0 fully saturated rings. The molecule has 0 saturated carbocycles. The molecule has 4 nitrogen and oxygen atoms in total. The molecule has 0 aliphatic carbocycles. The zero-order valence-electron chi connectivity index (χ0n) is 9.57. The molecule has 0 amide bonds. The van der Waals surface area contributed by atoms with Crippen molar-refractivity contribution in [2.75, 3.05) is 0 Å². The first kappa shape index (κ1) is 10.8. The lowest BCUT2D eigenvalue weighted by Crippen LogP contribution is -2.19. The van der Waals surface area contributed by atoms with E-state index in [1.165, 1.54) is 11.1 Å². The highest BCUT2D eigenvalue weighted by atomic mass is 15.1. The minimum absolute atomic E-state index is 0.266. The van der Waals surface area contributed by atoms with Crippen LogP contribution in [0.25, 0.3) is 0 Å². The fraction of sp³-hybridized carbons (Fsp3) is 0.333. The van der Waals surface area contributed by atoms with Crippen LogP contribution in [0.5, 0.6) is 0 Å². The molecule has 0 aliphatic rings. The molecule has 2 aromatic rings. The van der Waals surface area contributed by atoms with Gasteiger partial charge in [-0.2, -0.15) is 5.10 Å². The van der Waals surface area contributed by atoms with Gasteiger partial charge in [-0.25, -0.2) is 0 Å². The van der Waals surface area contributed by atoms with Gasteiger partial charge in [0.15, 0.2) is 0 Å². The highest BCUT2D eigenvalue weighted by Crippen LogP contribution is 2.10. The minimum Gasteiger partial charge on any atom is -0.305 e. The Morgan fingerprint density at radius 2 is 2.25 bits per heavy atom. The molecule has 1 atom stereocenters. The SMILES string of the molecule is Cc1ccncc1CNC(C)c1ccn[nH]1. The van der Waals surface area contributed by atoms with E-state index < -0.39 is 0 Å². The number of hydrogen-bond acceptors (Lipinski definition) is 3. The van der Waals surface area contributed by atoms with E-state index in [1.807, 2.05) is 24.5 Å². The predicted octanol–water partition coefficient (Wildman–Crippen LogP) is 1.96. The normalized spacial score (nSPS) is 12.6. The van der Waals surface area contributed by atoms with E-state index in [0.717, 1.165) is 12.2 Å². The summed E-state index contributed by atoms with van der Waals surface area (Å²) < 4.78 is 0. The van der Waals surface area contributed by atoms with Gasteiger partial charge in [0.25, 0.3) is 0 Å². The minimum atomic E-state index is 0.266. The van der Waals surface area contributed by atoms with Crippen LogP contribution in [0.2, 0.25) is 0 Å². The smallest absolute Gasteiger partial charge is 0.0518 e. The van der Waals surface area contributed by atoms with Crippen molar-refractivity contribution < 1.29 is 0 Å². The van der Waals surface area contributed by atoms with Gasteiger partial charge in [0.1, 0.15) is 0 Å². The van der Waals surface area contributed by atoms with Crippen molar-refractivity contribution in [3.63, 3.8) is 0 Å². The zero-order chi connectivity index (χ0) is 11.4. The lowest BCUT2D eigenvalue weighted by molar-refractivity contribution is 0.558. The van der Waals surface area contributed by atoms with Crippen molar-refractivity contribution >= 4 is 0 Å². The van der Waals surface area contributed by atoms with Crippen molar-refractivity contribution in [2.45, 2.75) is 26.4 Å². The predicted molar refractivity (Wildman–Crippen MR) is 62.8 cm³/mol. The van der Waals surface area contributed by atoms with E-state index in [9.17, 15) is 0 Å².